The topological polar surface area (TPSA) is 55.4 Å². The highest BCUT2D eigenvalue weighted by Crippen LogP contribution is 2.15. The van der Waals surface area contributed by atoms with Crippen molar-refractivity contribution >= 4 is 23.2 Å². The molecule has 0 saturated carbocycles. The van der Waals surface area contributed by atoms with E-state index >= 15 is 0 Å². The van der Waals surface area contributed by atoms with Crippen LogP contribution in [0.4, 0.5) is 13.2 Å². The van der Waals surface area contributed by atoms with E-state index in [0.717, 1.165) is 11.3 Å². The number of hydrogen-bond acceptors (Lipinski definition) is 4. The minimum Gasteiger partial charge on any atom is -0.455 e. The summed E-state index contributed by atoms with van der Waals surface area (Å²) in [4.78, 5) is 23.0. The van der Waals surface area contributed by atoms with Gasteiger partial charge in [-0.3, -0.25) is 4.79 Å². The molecule has 0 radical (unpaired) electrons. The maximum absolute atomic E-state index is 11.8. The van der Waals surface area contributed by atoms with Crippen molar-refractivity contribution in [2.24, 2.45) is 0 Å². The Morgan fingerprint density at radius 1 is 1.50 bits per heavy atom. The number of nitrogens with one attached hydrogen (secondary N) is 1. The van der Waals surface area contributed by atoms with E-state index in [1.165, 1.54) is 13.0 Å². The van der Waals surface area contributed by atoms with Crippen LogP contribution in [-0.2, 0) is 9.53 Å². The van der Waals surface area contributed by atoms with E-state index < -0.39 is 30.7 Å². The van der Waals surface area contributed by atoms with Crippen LogP contribution >= 0.6 is 11.3 Å². The van der Waals surface area contributed by atoms with Gasteiger partial charge in [0.25, 0.3) is 5.91 Å². The third-order valence-corrected chi connectivity index (χ3v) is 2.69. The van der Waals surface area contributed by atoms with Crippen molar-refractivity contribution < 1.29 is 27.5 Å². The van der Waals surface area contributed by atoms with E-state index in [9.17, 15) is 22.8 Å². The minimum atomic E-state index is -4.58. The van der Waals surface area contributed by atoms with Gasteiger partial charge in [0.2, 0.25) is 0 Å². The number of hydrogen-bond donors (Lipinski definition) is 1. The van der Waals surface area contributed by atoms with Crippen molar-refractivity contribution in [3.63, 3.8) is 0 Å². The second kappa shape index (κ2) is 5.85. The van der Waals surface area contributed by atoms with Gasteiger partial charge in [-0.25, -0.2) is 4.79 Å². The Hall–Kier alpha value is -1.57. The third-order valence-electron chi connectivity index (χ3n) is 1.82. The van der Waals surface area contributed by atoms with Crippen molar-refractivity contribution in [2.75, 3.05) is 6.61 Å². The van der Waals surface area contributed by atoms with Gasteiger partial charge >= 0.3 is 12.1 Å². The molecule has 100 valence electrons. The largest absolute Gasteiger partial charge is 0.455 e. The standard InChI is InChI=1S/C10H10F3NO3S/c1-6(9(16)17-5-10(11,12)13)14-8(15)7-3-2-4-18-7/h2-4,6H,5H2,1H3,(H,14,15). The molecule has 0 aliphatic rings. The predicted octanol–water partition coefficient (Wildman–Crippen LogP) is 1.97. The number of thiophene rings is 1. The Morgan fingerprint density at radius 2 is 2.17 bits per heavy atom. The highest BCUT2D eigenvalue weighted by Gasteiger charge is 2.31. The third kappa shape index (κ3) is 4.74. The molecule has 0 fully saturated rings. The molecule has 1 unspecified atom stereocenters. The van der Waals surface area contributed by atoms with Crippen molar-refractivity contribution in [3.05, 3.63) is 22.4 Å². The molecule has 1 rings (SSSR count). The van der Waals surface area contributed by atoms with Crippen molar-refractivity contribution in [2.45, 2.75) is 19.1 Å². The molecule has 1 N–H and O–H groups in total. The van der Waals surface area contributed by atoms with E-state index in [-0.39, 0.29) is 0 Å². The zero-order valence-corrected chi connectivity index (χ0v) is 10.1. The van der Waals surface area contributed by atoms with Crippen LogP contribution in [0.3, 0.4) is 0 Å². The molecular weight excluding hydrogens is 271 g/mol. The van der Waals surface area contributed by atoms with E-state index in [1.54, 1.807) is 11.4 Å². The average molecular weight is 281 g/mol. The molecule has 1 amide bonds. The van der Waals surface area contributed by atoms with Crippen LogP contribution in [-0.4, -0.2) is 30.7 Å². The fraction of sp³-hybridized carbons (Fsp3) is 0.400. The maximum Gasteiger partial charge on any atom is 0.422 e. The van der Waals surface area contributed by atoms with Crippen LogP contribution in [0.5, 0.6) is 0 Å². The molecule has 8 heteroatoms. The summed E-state index contributed by atoms with van der Waals surface area (Å²) in [7, 11) is 0. The summed E-state index contributed by atoms with van der Waals surface area (Å²) < 4.78 is 39.4. The number of esters is 1. The summed E-state index contributed by atoms with van der Waals surface area (Å²) in [5.74, 6) is -1.65. The molecule has 1 atom stereocenters. The van der Waals surface area contributed by atoms with Crippen molar-refractivity contribution in [1.29, 1.82) is 0 Å². The first-order chi connectivity index (χ1) is 8.29. The maximum atomic E-state index is 11.8. The molecule has 4 nitrogen and oxygen atoms in total. The van der Waals surface area contributed by atoms with Crippen LogP contribution in [0, 0.1) is 0 Å². The zero-order chi connectivity index (χ0) is 13.8. The summed E-state index contributed by atoms with van der Waals surface area (Å²) >= 11 is 1.16. The van der Waals surface area contributed by atoms with Gasteiger partial charge in [-0.05, 0) is 18.4 Å². The van der Waals surface area contributed by atoms with E-state index in [0.29, 0.717) is 4.88 Å². The van der Waals surface area contributed by atoms with Gasteiger partial charge in [0.05, 0.1) is 4.88 Å². The molecule has 0 spiro atoms. The fourth-order valence-corrected chi connectivity index (χ4v) is 1.64. The fourth-order valence-electron chi connectivity index (χ4n) is 1.01. The van der Waals surface area contributed by atoms with Crippen LogP contribution in [0.15, 0.2) is 17.5 Å². The van der Waals surface area contributed by atoms with Gasteiger partial charge in [0.1, 0.15) is 6.04 Å². The Kier molecular flexibility index (Phi) is 4.71. The molecule has 0 aliphatic heterocycles. The summed E-state index contributed by atoms with van der Waals surface area (Å²) in [6.07, 6.45) is -4.58. The van der Waals surface area contributed by atoms with Crippen molar-refractivity contribution in [1.82, 2.24) is 5.32 Å². The molecule has 18 heavy (non-hydrogen) atoms. The Bertz CT molecular complexity index is 417. The number of rotatable bonds is 4. The highest BCUT2D eigenvalue weighted by molar-refractivity contribution is 7.12. The van der Waals surface area contributed by atoms with Crippen LogP contribution in [0.1, 0.15) is 16.6 Å². The molecule has 1 heterocycles. The first-order valence-corrected chi connectivity index (χ1v) is 5.75. The molecule has 0 bridgehead atoms. The number of alkyl halides is 3. The normalized spacial score (nSPS) is 12.9. The Morgan fingerprint density at radius 3 is 2.67 bits per heavy atom. The highest BCUT2D eigenvalue weighted by atomic mass is 32.1. The molecular formula is C10H10F3NO3S. The van der Waals surface area contributed by atoms with Gasteiger partial charge in [-0.2, -0.15) is 13.2 Å². The molecule has 0 aliphatic carbocycles. The molecule has 1 aromatic rings. The van der Waals surface area contributed by atoms with Crippen LogP contribution < -0.4 is 5.32 Å². The summed E-state index contributed by atoms with van der Waals surface area (Å²) in [5, 5.41) is 3.92. The van der Waals surface area contributed by atoms with Gasteiger partial charge in [0, 0.05) is 0 Å². The second-order valence-electron chi connectivity index (χ2n) is 3.40. The summed E-state index contributed by atoms with van der Waals surface area (Å²) in [6.45, 7) is -0.407. The molecule has 1 aromatic heterocycles. The second-order valence-corrected chi connectivity index (χ2v) is 4.34. The lowest BCUT2D eigenvalue weighted by molar-refractivity contribution is -0.187. The number of halogens is 3. The van der Waals surface area contributed by atoms with Gasteiger partial charge < -0.3 is 10.1 Å². The minimum absolute atomic E-state index is 0.366. The number of amides is 1. The van der Waals surface area contributed by atoms with Crippen molar-refractivity contribution in [3.8, 4) is 0 Å². The average Bonchev–Trinajstić information content (AvgIpc) is 2.77. The van der Waals surface area contributed by atoms with Gasteiger partial charge in [0.15, 0.2) is 6.61 Å². The van der Waals surface area contributed by atoms with Crippen LogP contribution in [0.25, 0.3) is 0 Å². The quantitative estimate of drug-likeness (QED) is 0.858. The Labute approximate surface area is 105 Å². The van der Waals surface area contributed by atoms with E-state index in [4.69, 9.17) is 0 Å². The summed E-state index contributed by atoms with van der Waals surface area (Å²) in [6, 6.07) is 2.04. The lowest BCUT2D eigenvalue weighted by atomic mass is 10.3. The SMILES string of the molecule is CC(NC(=O)c1cccs1)C(=O)OCC(F)(F)F. The predicted molar refractivity (Wildman–Crippen MR) is 58.3 cm³/mol. The van der Waals surface area contributed by atoms with Gasteiger partial charge in [-0.1, -0.05) is 6.07 Å². The monoisotopic (exact) mass is 281 g/mol. The number of carbonyl (C=O) groups excluding carboxylic acids is 2. The lowest BCUT2D eigenvalue weighted by Crippen LogP contribution is -2.40. The van der Waals surface area contributed by atoms with Crippen LogP contribution in [0.2, 0.25) is 0 Å². The lowest BCUT2D eigenvalue weighted by Gasteiger charge is -2.13. The Balaban J connectivity index is 2.43. The smallest absolute Gasteiger partial charge is 0.422 e. The first kappa shape index (κ1) is 14.5. The zero-order valence-electron chi connectivity index (χ0n) is 9.28. The summed E-state index contributed by atoms with van der Waals surface area (Å²) in [5.41, 5.74) is 0. The molecule has 0 saturated heterocycles. The van der Waals surface area contributed by atoms with E-state index in [1.807, 2.05) is 0 Å². The first-order valence-electron chi connectivity index (χ1n) is 4.87. The number of ether oxygens (including phenoxy) is 1. The molecule has 0 aromatic carbocycles. The van der Waals surface area contributed by atoms with E-state index in [2.05, 4.69) is 10.1 Å². The number of carbonyl (C=O) groups is 2. The van der Waals surface area contributed by atoms with Gasteiger partial charge in [-0.15, -0.1) is 11.3 Å².